The largest absolute Gasteiger partial charge is 0.481 e. The van der Waals surface area contributed by atoms with Crippen LogP contribution in [0.15, 0.2) is 30.3 Å². The van der Waals surface area contributed by atoms with E-state index >= 15 is 0 Å². The van der Waals surface area contributed by atoms with Gasteiger partial charge in [0.1, 0.15) is 5.60 Å². The zero-order valence-corrected chi connectivity index (χ0v) is 18.8. The van der Waals surface area contributed by atoms with Crippen molar-refractivity contribution >= 4 is 12.1 Å². The summed E-state index contributed by atoms with van der Waals surface area (Å²) >= 11 is 0. The summed E-state index contributed by atoms with van der Waals surface area (Å²) in [7, 11) is 0. The summed E-state index contributed by atoms with van der Waals surface area (Å²) in [6, 6.07) is 9.28. The number of hydrogen-bond donors (Lipinski definition) is 3. The Morgan fingerprint density at radius 1 is 1.10 bits per heavy atom. The predicted molar refractivity (Wildman–Crippen MR) is 115 cm³/mol. The van der Waals surface area contributed by atoms with E-state index in [0.717, 1.165) is 12.0 Å². The third kappa shape index (κ3) is 11.8. The van der Waals surface area contributed by atoms with Crippen LogP contribution < -0.4 is 5.32 Å². The molecule has 1 rings (SSSR count). The van der Waals surface area contributed by atoms with Gasteiger partial charge in [-0.25, -0.2) is 4.79 Å². The molecular formula is C23H37NO6. The molecule has 0 aliphatic heterocycles. The van der Waals surface area contributed by atoms with E-state index in [4.69, 9.17) is 14.6 Å². The lowest BCUT2D eigenvalue weighted by Gasteiger charge is -2.33. The zero-order valence-electron chi connectivity index (χ0n) is 18.8. The second-order valence-electron chi connectivity index (χ2n) is 9.41. The molecule has 1 aromatic carbocycles. The van der Waals surface area contributed by atoms with Crippen molar-refractivity contribution in [1.29, 1.82) is 0 Å². The van der Waals surface area contributed by atoms with Crippen molar-refractivity contribution in [3.05, 3.63) is 35.9 Å². The highest BCUT2D eigenvalue weighted by molar-refractivity contribution is 5.68. The monoisotopic (exact) mass is 423 g/mol. The summed E-state index contributed by atoms with van der Waals surface area (Å²) in [4.78, 5) is 23.1. The molecule has 0 saturated heterocycles. The lowest BCUT2D eigenvalue weighted by Crippen LogP contribution is -2.47. The van der Waals surface area contributed by atoms with Crippen LogP contribution >= 0.6 is 0 Å². The van der Waals surface area contributed by atoms with Crippen molar-refractivity contribution in [2.24, 2.45) is 5.41 Å². The summed E-state index contributed by atoms with van der Waals surface area (Å²) in [5.41, 5.74) is 0.186. The smallest absolute Gasteiger partial charge is 0.407 e. The Kier molecular flexibility index (Phi) is 10.3. The summed E-state index contributed by atoms with van der Waals surface area (Å²) in [6.45, 7) is 10.4. The number of benzene rings is 1. The predicted octanol–water partition coefficient (Wildman–Crippen LogP) is 4.13. The minimum atomic E-state index is -0.988. The number of nitrogens with one attached hydrogen (secondary N) is 1. The Bertz CT molecular complexity index is 653. The van der Waals surface area contributed by atoms with Crippen molar-refractivity contribution in [2.45, 2.75) is 84.7 Å². The molecule has 0 spiro atoms. The van der Waals surface area contributed by atoms with E-state index in [0.29, 0.717) is 19.6 Å². The molecule has 0 saturated carbocycles. The summed E-state index contributed by atoms with van der Waals surface area (Å²) < 4.78 is 11.1. The van der Waals surface area contributed by atoms with Gasteiger partial charge in [0, 0.05) is 13.0 Å². The third-order valence-corrected chi connectivity index (χ3v) is 4.63. The van der Waals surface area contributed by atoms with E-state index in [9.17, 15) is 14.7 Å². The number of aliphatic hydroxyl groups excluding tert-OH is 1. The Morgan fingerprint density at radius 3 is 2.30 bits per heavy atom. The fourth-order valence-corrected chi connectivity index (χ4v) is 3.02. The number of hydrogen-bond acceptors (Lipinski definition) is 5. The molecule has 0 fully saturated rings. The van der Waals surface area contributed by atoms with Crippen LogP contribution in [-0.2, 0) is 20.9 Å². The van der Waals surface area contributed by atoms with Crippen molar-refractivity contribution in [2.75, 3.05) is 6.61 Å². The van der Waals surface area contributed by atoms with Gasteiger partial charge in [-0.2, -0.15) is 0 Å². The molecular weight excluding hydrogens is 386 g/mol. The number of carboxylic acids is 1. The van der Waals surface area contributed by atoms with E-state index in [1.54, 1.807) is 20.8 Å². The molecule has 7 heteroatoms. The maximum atomic E-state index is 12.2. The Morgan fingerprint density at radius 2 is 1.73 bits per heavy atom. The van der Waals surface area contributed by atoms with E-state index in [1.807, 2.05) is 44.2 Å². The third-order valence-electron chi connectivity index (χ3n) is 4.63. The highest BCUT2D eigenvalue weighted by atomic mass is 16.6. The van der Waals surface area contributed by atoms with Gasteiger partial charge < -0.3 is 25.0 Å². The first-order valence-corrected chi connectivity index (χ1v) is 10.4. The van der Waals surface area contributed by atoms with Crippen molar-refractivity contribution in [3.63, 3.8) is 0 Å². The Labute approximate surface area is 179 Å². The first-order valence-electron chi connectivity index (χ1n) is 10.4. The van der Waals surface area contributed by atoms with E-state index in [2.05, 4.69) is 5.32 Å². The van der Waals surface area contributed by atoms with Crippen LogP contribution in [0.5, 0.6) is 0 Å². The van der Waals surface area contributed by atoms with Gasteiger partial charge >= 0.3 is 12.1 Å². The SMILES string of the molecule is CC(C)(CCOCc1ccccc1)C[C@H](NC(=O)OC(C)(C)C)C(O)CCC(=O)O. The standard InChI is InChI=1S/C23H37NO6/c1-22(2,3)30-21(28)24-18(19(25)11-12-20(26)27)15-23(4,5)13-14-29-16-17-9-7-6-8-10-17/h6-10,18-19,25H,11-16H2,1-5H3,(H,24,28)(H,26,27)/t18-,19?/m0/s1. The quantitative estimate of drug-likeness (QED) is 0.437. The summed E-state index contributed by atoms with van der Waals surface area (Å²) in [5.74, 6) is -0.987. The second-order valence-corrected chi connectivity index (χ2v) is 9.41. The molecule has 170 valence electrons. The molecule has 7 nitrogen and oxygen atoms in total. The normalized spacial score (nSPS) is 14.1. The van der Waals surface area contributed by atoms with Gasteiger partial charge in [0.2, 0.25) is 0 Å². The van der Waals surface area contributed by atoms with Crippen molar-refractivity contribution < 1.29 is 29.3 Å². The molecule has 0 aliphatic rings. The van der Waals surface area contributed by atoms with Crippen LogP contribution in [0.1, 0.15) is 65.9 Å². The maximum Gasteiger partial charge on any atom is 0.407 e. The number of carboxylic acid groups (broad SMARTS) is 1. The lowest BCUT2D eigenvalue weighted by molar-refractivity contribution is -0.137. The van der Waals surface area contributed by atoms with Crippen LogP contribution in [0.2, 0.25) is 0 Å². The fourth-order valence-electron chi connectivity index (χ4n) is 3.02. The number of alkyl carbamates (subject to hydrolysis) is 1. The number of amides is 1. The molecule has 0 heterocycles. The van der Waals surface area contributed by atoms with Crippen LogP contribution in [-0.4, -0.2) is 46.6 Å². The van der Waals surface area contributed by atoms with Gasteiger partial charge in [-0.05, 0) is 51.0 Å². The summed E-state index contributed by atoms with van der Waals surface area (Å²) in [5, 5.41) is 22.2. The molecule has 1 amide bonds. The van der Waals surface area contributed by atoms with Gasteiger partial charge in [0.05, 0.1) is 18.8 Å². The highest BCUT2D eigenvalue weighted by Crippen LogP contribution is 2.29. The Balaban J connectivity index is 2.64. The molecule has 0 radical (unpaired) electrons. The summed E-state index contributed by atoms with van der Waals surface area (Å²) in [6.07, 6.45) is -0.555. The number of carbonyl (C=O) groups is 2. The average molecular weight is 424 g/mol. The molecule has 0 aliphatic carbocycles. The molecule has 1 aromatic rings. The van der Waals surface area contributed by atoms with Crippen LogP contribution in [0.4, 0.5) is 4.79 Å². The number of carbonyl (C=O) groups excluding carboxylic acids is 1. The van der Waals surface area contributed by atoms with Crippen LogP contribution in [0.3, 0.4) is 0 Å². The first kappa shape index (κ1) is 25.9. The van der Waals surface area contributed by atoms with Crippen molar-refractivity contribution in [1.82, 2.24) is 5.32 Å². The molecule has 0 aromatic heterocycles. The van der Waals surface area contributed by atoms with Gasteiger partial charge in [-0.1, -0.05) is 44.2 Å². The van der Waals surface area contributed by atoms with Gasteiger partial charge in [-0.15, -0.1) is 0 Å². The molecule has 30 heavy (non-hydrogen) atoms. The molecule has 3 N–H and O–H groups in total. The first-order chi connectivity index (χ1) is 13.9. The maximum absolute atomic E-state index is 12.2. The van der Waals surface area contributed by atoms with E-state index < -0.39 is 29.8 Å². The van der Waals surface area contributed by atoms with E-state index in [-0.39, 0.29) is 18.3 Å². The van der Waals surface area contributed by atoms with Gasteiger partial charge in [0.15, 0.2) is 0 Å². The minimum Gasteiger partial charge on any atom is -0.481 e. The molecule has 1 unspecified atom stereocenters. The highest BCUT2D eigenvalue weighted by Gasteiger charge is 2.31. The van der Waals surface area contributed by atoms with Gasteiger partial charge in [-0.3, -0.25) is 4.79 Å². The second kappa shape index (κ2) is 11.9. The van der Waals surface area contributed by atoms with Crippen LogP contribution in [0, 0.1) is 5.41 Å². The van der Waals surface area contributed by atoms with Gasteiger partial charge in [0.25, 0.3) is 0 Å². The minimum absolute atomic E-state index is 0.0520. The number of aliphatic hydroxyl groups is 1. The topological polar surface area (TPSA) is 105 Å². The number of ether oxygens (including phenoxy) is 2. The lowest BCUT2D eigenvalue weighted by atomic mass is 9.81. The fraction of sp³-hybridized carbons (Fsp3) is 0.652. The molecule has 0 bridgehead atoms. The number of aliphatic carboxylic acids is 1. The Hall–Kier alpha value is -2.12. The molecule has 2 atom stereocenters. The van der Waals surface area contributed by atoms with Crippen LogP contribution in [0.25, 0.3) is 0 Å². The average Bonchev–Trinajstić information content (AvgIpc) is 2.62. The number of rotatable bonds is 12. The van der Waals surface area contributed by atoms with Crippen molar-refractivity contribution in [3.8, 4) is 0 Å². The van der Waals surface area contributed by atoms with E-state index in [1.165, 1.54) is 0 Å². The zero-order chi connectivity index (χ0) is 22.8.